The van der Waals surface area contributed by atoms with Crippen molar-refractivity contribution in [2.45, 2.75) is 30.3 Å². The van der Waals surface area contributed by atoms with E-state index in [1.165, 1.54) is 23.1 Å². The van der Waals surface area contributed by atoms with Gasteiger partial charge in [0.15, 0.2) is 9.84 Å². The van der Waals surface area contributed by atoms with Gasteiger partial charge in [-0.1, -0.05) is 23.7 Å². The molecule has 1 N–H and O–H groups in total. The van der Waals surface area contributed by atoms with Gasteiger partial charge in [-0.05, 0) is 48.7 Å². The Morgan fingerprint density at radius 2 is 1.79 bits per heavy atom. The minimum atomic E-state index is -3.44. The quantitative estimate of drug-likeness (QED) is 0.778. The van der Waals surface area contributed by atoms with E-state index in [2.05, 4.69) is 5.32 Å². The zero-order chi connectivity index (χ0) is 20.5. The van der Waals surface area contributed by atoms with E-state index in [0.29, 0.717) is 18.2 Å². The van der Waals surface area contributed by atoms with Crippen LogP contribution in [-0.4, -0.2) is 44.5 Å². The molecule has 1 aliphatic carbocycles. The lowest BCUT2D eigenvalue weighted by Gasteiger charge is -2.18. The van der Waals surface area contributed by atoms with Crippen molar-refractivity contribution in [3.8, 4) is 0 Å². The van der Waals surface area contributed by atoms with Gasteiger partial charge in [0.2, 0.25) is 0 Å². The molecular formula is C20H21ClN2O4S. The second-order valence-corrected chi connectivity index (χ2v) is 9.44. The molecule has 0 unspecified atom stereocenters. The number of carbonyl (C=O) groups is 2. The highest BCUT2D eigenvalue weighted by Crippen LogP contribution is 2.23. The zero-order valence-electron chi connectivity index (χ0n) is 15.6. The average Bonchev–Trinajstić information content (AvgIpc) is 3.45. The predicted octanol–water partition coefficient (Wildman–Crippen LogP) is 2.91. The normalized spacial score (nSPS) is 13.8. The van der Waals surface area contributed by atoms with E-state index in [-0.39, 0.29) is 27.3 Å². The summed E-state index contributed by atoms with van der Waals surface area (Å²) in [5.74, 6) is -0.478. The molecule has 0 spiro atoms. The van der Waals surface area contributed by atoms with Gasteiger partial charge >= 0.3 is 0 Å². The molecular weight excluding hydrogens is 400 g/mol. The summed E-state index contributed by atoms with van der Waals surface area (Å²) < 4.78 is 23.5. The molecule has 8 heteroatoms. The molecule has 1 saturated carbocycles. The Bertz CT molecular complexity index is 1020. The lowest BCUT2D eigenvalue weighted by atomic mass is 10.1. The molecule has 0 radical (unpaired) electrons. The highest BCUT2D eigenvalue weighted by molar-refractivity contribution is 7.90. The van der Waals surface area contributed by atoms with E-state index < -0.39 is 9.84 Å². The van der Waals surface area contributed by atoms with Gasteiger partial charge in [0.05, 0.1) is 15.5 Å². The van der Waals surface area contributed by atoms with E-state index in [1.807, 2.05) is 0 Å². The van der Waals surface area contributed by atoms with Gasteiger partial charge in [-0.2, -0.15) is 0 Å². The van der Waals surface area contributed by atoms with Crippen LogP contribution in [-0.2, 0) is 16.4 Å². The van der Waals surface area contributed by atoms with Crippen molar-refractivity contribution in [1.29, 1.82) is 0 Å². The Morgan fingerprint density at radius 1 is 1.14 bits per heavy atom. The van der Waals surface area contributed by atoms with Gasteiger partial charge in [0, 0.05) is 31.5 Å². The van der Waals surface area contributed by atoms with Crippen molar-refractivity contribution in [2.24, 2.45) is 0 Å². The third-order valence-electron chi connectivity index (χ3n) is 4.49. The summed E-state index contributed by atoms with van der Waals surface area (Å²) in [6.07, 6.45) is 3.13. The van der Waals surface area contributed by atoms with Crippen molar-refractivity contribution in [1.82, 2.24) is 10.2 Å². The van der Waals surface area contributed by atoms with Crippen LogP contribution in [0.2, 0.25) is 5.02 Å². The van der Waals surface area contributed by atoms with E-state index in [9.17, 15) is 18.0 Å². The number of sulfone groups is 1. The standard InChI is InChI=1S/C20H21ClN2O4S/c1-23(20(25)17-11-16(28(2,26)27)9-10-18(17)21)12-13-3-5-14(6-4-13)19(24)22-15-7-8-15/h3-6,9-11,15H,7-8,12H2,1-2H3,(H,22,24). The van der Waals surface area contributed by atoms with Gasteiger partial charge in [0.25, 0.3) is 11.8 Å². The van der Waals surface area contributed by atoms with E-state index in [0.717, 1.165) is 24.7 Å². The van der Waals surface area contributed by atoms with Crippen molar-refractivity contribution in [2.75, 3.05) is 13.3 Å². The molecule has 6 nitrogen and oxygen atoms in total. The van der Waals surface area contributed by atoms with Crippen molar-refractivity contribution >= 4 is 33.3 Å². The molecule has 148 valence electrons. The molecule has 1 aliphatic rings. The number of halogens is 1. The molecule has 3 rings (SSSR count). The van der Waals surface area contributed by atoms with E-state index >= 15 is 0 Å². The zero-order valence-corrected chi connectivity index (χ0v) is 17.2. The maximum Gasteiger partial charge on any atom is 0.255 e. The molecule has 2 aromatic rings. The molecule has 0 atom stereocenters. The number of amides is 2. The summed E-state index contributed by atoms with van der Waals surface area (Å²) in [4.78, 5) is 26.3. The molecule has 0 aliphatic heterocycles. The Morgan fingerprint density at radius 3 is 2.36 bits per heavy atom. The monoisotopic (exact) mass is 420 g/mol. The second kappa shape index (κ2) is 7.93. The van der Waals surface area contributed by atoms with Crippen molar-refractivity contribution < 1.29 is 18.0 Å². The maximum absolute atomic E-state index is 12.7. The molecule has 0 saturated heterocycles. The van der Waals surface area contributed by atoms with Crippen LogP contribution in [0.1, 0.15) is 39.1 Å². The summed E-state index contributed by atoms with van der Waals surface area (Å²) in [7, 11) is -1.83. The van der Waals surface area contributed by atoms with Gasteiger partial charge in [-0.3, -0.25) is 9.59 Å². The third-order valence-corrected chi connectivity index (χ3v) is 5.93. The molecule has 1 fully saturated rings. The third kappa shape index (κ3) is 4.91. The summed E-state index contributed by atoms with van der Waals surface area (Å²) in [6.45, 7) is 0.294. The van der Waals surface area contributed by atoms with Gasteiger partial charge in [-0.25, -0.2) is 8.42 Å². The molecule has 0 aromatic heterocycles. The Kier molecular flexibility index (Phi) is 5.76. The lowest BCUT2D eigenvalue weighted by molar-refractivity contribution is 0.0784. The SMILES string of the molecule is CN(Cc1ccc(C(=O)NC2CC2)cc1)C(=O)c1cc(S(C)(=O)=O)ccc1Cl. The minimum Gasteiger partial charge on any atom is -0.349 e. The van der Waals surface area contributed by atoms with Crippen LogP contribution in [0.5, 0.6) is 0 Å². The molecule has 28 heavy (non-hydrogen) atoms. The van der Waals surface area contributed by atoms with Crippen molar-refractivity contribution in [3.05, 3.63) is 64.2 Å². The first-order chi connectivity index (χ1) is 13.1. The molecule has 0 heterocycles. The number of nitrogens with zero attached hydrogens (tertiary/aromatic N) is 1. The number of hydrogen-bond donors (Lipinski definition) is 1. The first-order valence-electron chi connectivity index (χ1n) is 8.80. The summed E-state index contributed by atoms with van der Waals surface area (Å²) >= 11 is 6.10. The highest BCUT2D eigenvalue weighted by Gasteiger charge is 2.24. The van der Waals surface area contributed by atoms with Crippen LogP contribution in [0, 0.1) is 0 Å². The van der Waals surface area contributed by atoms with Crippen LogP contribution >= 0.6 is 11.6 Å². The van der Waals surface area contributed by atoms with Crippen LogP contribution < -0.4 is 5.32 Å². The Labute approximate surface area is 169 Å². The minimum absolute atomic E-state index is 0.0414. The largest absolute Gasteiger partial charge is 0.349 e. The average molecular weight is 421 g/mol. The fourth-order valence-corrected chi connectivity index (χ4v) is 3.55. The molecule has 2 amide bonds. The number of hydrogen-bond acceptors (Lipinski definition) is 4. The predicted molar refractivity (Wildman–Crippen MR) is 107 cm³/mol. The van der Waals surface area contributed by atoms with Crippen molar-refractivity contribution in [3.63, 3.8) is 0 Å². The fraction of sp³-hybridized carbons (Fsp3) is 0.300. The van der Waals surface area contributed by atoms with E-state index in [1.54, 1.807) is 31.3 Å². The fourth-order valence-electron chi connectivity index (χ4n) is 2.71. The second-order valence-electron chi connectivity index (χ2n) is 7.02. The first kappa shape index (κ1) is 20.4. The summed E-state index contributed by atoms with van der Waals surface area (Å²) in [5.41, 5.74) is 1.55. The van der Waals surface area contributed by atoms with Gasteiger partial charge in [-0.15, -0.1) is 0 Å². The van der Waals surface area contributed by atoms with Gasteiger partial charge in [0.1, 0.15) is 0 Å². The van der Waals surface area contributed by atoms with E-state index in [4.69, 9.17) is 11.6 Å². The number of nitrogens with one attached hydrogen (secondary N) is 1. The maximum atomic E-state index is 12.7. The molecule has 0 bridgehead atoms. The lowest BCUT2D eigenvalue weighted by Crippen LogP contribution is -2.27. The Balaban J connectivity index is 1.71. The summed E-state index contributed by atoms with van der Waals surface area (Å²) in [6, 6.07) is 11.4. The number of rotatable bonds is 6. The summed E-state index contributed by atoms with van der Waals surface area (Å²) in [5, 5.41) is 3.12. The van der Waals surface area contributed by atoms with Crippen LogP contribution in [0.25, 0.3) is 0 Å². The van der Waals surface area contributed by atoms with Crippen LogP contribution in [0.3, 0.4) is 0 Å². The molecule has 2 aromatic carbocycles. The number of benzene rings is 2. The topological polar surface area (TPSA) is 83.6 Å². The smallest absolute Gasteiger partial charge is 0.255 e. The highest BCUT2D eigenvalue weighted by atomic mass is 35.5. The van der Waals surface area contributed by atoms with Gasteiger partial charge < -0.3 is 10.2 Å². The Hall–Kier alpha value is -2.38. The first-order valence-corrected chi connectivity index (χ1v) is 11.1. The van der Waals surface area contributed by atoms with Crippen LogP contribution in [0.4, 0.5) is 0 Å². The van der Waals surface area contributed by atoms with Crippen LogP contribution in [0.15, 0.2) is 47.4 Å². The number of carbonyl (C=O) groups excluding carboxylic acids is 2.